The molecule has 0 unspecified atom stereocenters. The molecule has 0 amide bonds. The highest BCUT2D eigenvalue weighted by molar-refractivity contribution is 5.45. The van der Waals surface area contributed by atoms with Crippen molar-refractivity contribution in [2.75, 3.05) is 0 Å². The standard InChI is InChI=1S/C9H7N3/c1-7-2-3-12-8(5-10)6-11-9(12)4-7/h2-4,6H,1H3. The second-order valence-corrected chi connectivity index (χ2v) is 2.69. The zero-order valence-electron chi connectivity index (χ0n) is 6.65. The molecule has 12 heavy (non-hydrogen) atoms. The van der Waals surface area contributed by atoms with E-state index in [0.29, 0.717) is 5.69 Å². The lowest BCUT2D eigenvalue weighted by molar-refractivity contribution is 1.14. The molecule has 3 nitrogen and oxygen atoms in total. The van der Waals surface area contributed by atoms with Gasteiger partial charge in [-0.1, -0.05) is 0 Å². The van der Waals surface area contributed by atoms with Gasteiger partial charge < -0.3 is 0 Å². The van der Waals surface area contributed by atoms with E-state index in [1.165, 1.54) is 0 Å². The highest BCUT2D eigenvalue weighted by Gasteiger charge is 1.99. The summed E-state index contributed by atoms with van der Waals surface area (Å²) in [4.78, 5) is 4.09. The number of hydrogen-bond acceptors (Lipinski definition) is 2. The molecule has 0 spiro atoms. The summed E-state index contributed by atoms with van der Waals surface area (Å²) in [5.41, 5.74) is 2.55. The van der Waals surface area contributed by atoms with Gasteiger partial charge >= 0.3 is 0 Å². The maximum Gasteiger partial charge on any atom is 0.144 e. The Morgan fingerprint density at radius 3 is 3.17 bits per heavy atom. The third kappa shape index (κ3) is 0.857. The third-order valence-corrected chi connectivity index (χ3v) is 1.78. The molecule has 0 radical (unpaired) electrons. The molecule has 2 aromatic heterocycles. The molecule has 0 bridgehead atoms. The first-order valence-corrected chi connectivity index (χ1v) is 3.65. The average molecular weight is 157 g/mol. The molecule has 3 heteroatoms. The van der Waals surface area contributed by atoms with E-state index in [0.717, 1.165) is 11.2 Å². The molecule has 2 aromatic rings. The highest BCUT2D eigenvalue weighted by Crippen LogP contribution is 2.07. The molecule has 2 rings (SSSR count). The summed E-state index contributed by atoms with van der Waals surface area (Å²) in [6, 6.07) is 5.97. The smallest absolute Gasteiger partial charge is 0.144 e. The quantitative estimate of drug-likeness (QED) is 0.581. The Balaban J connectivity index is 2.84. The van der Waals surface area contributed by atoms with Gasteiger partial charge in [-0.2, -0.15) is 5.26 Å². The van der Waals surface area contributed by atoms with Crippen LogP contribution in [0, 0.1) is 18.3 Å². The van der Waals surface area contributed by atoms with Crippen molar-refractivity contribution in [1.29, 1.82) is 5.26 Å². The lowest BCUT2D eigenvalue weighted by atomic mass is 10.3. The fraction of sp³-hybridized carbons (Fsp3) is 0.111. The summed E-state index contributed by atoms with van der Waals surface area (Å²) in [7, 11) is 0. The fourth-order valence-corrected chi connectivity index (χ4v) is 1.17. The third-order valence-electron chi connectivity index (χ3n) is 1.78. The van der Waals surface area contributed by atoms with Crippen LogP contribution in [0.4, 0.5) is 0 Å². The van der Waals surface area contributed by atoms with Gasteiger partial charge in [-0.25, -0.2) is 4.98 Å². The number of hydrogen-bond donors (Lipinski definition) is 0. The van der Waals surface area contributed by atoms with Crippen molar-refractivity contribution in [3.8, 4) is 6.07 Å². The van der Waals surface area contributed by atoms with Gasteiger partial charge in [0.15, 0.2) is 0 Å². The van der Waals surface area contributed by atoms with E-state index in [1.54, 1.807) is 10.6 Å². The Hall–Kier alpha value is -1.82. The Bertz CT molecular complexity index is 462. The molecule has 0 saturated carbocycles. The summed E-state index contributed by atoms with van der Waals surface area (Å²) >= 11 is 0. The van der Waals surface area contributed by atoms with E-state index < -0.39 is 0 Å². The van der Waals surface area contributed by atoms with E-state index in [9.17, 15) is 0 Å². The average Bonchev–Trinajstić information content (AvgIpc) is 2.46. The van der Waals surface area contributed by atoms with E-state index >= 15 is 0 Å². The van der Waals surface area contributed by atoms with Crippen molar-refractivity contribution < 1.29 is 0 Å². The topological polar surface area (TPSA) is 41.1 Å². The Kier molecular flexibility index (Phi) is 1.34. The number of pyridine rings is 1. The van der Waals surface area contributed by atoms with Crippen LogP contribution in [0.2, 0.25) is 0 Å². The summed E-state index contributed by atoms with van der Waals surface area (Å²) in [5.74, 6) is 0. The van der Waals surface area contributed by atoms with Crippen molar-refractivity contribution in [3.05, 3.63) is 35.8 Å². The van der Waals surface area contributed by atoms with Crippen molar-refractivity contribution in [1.82, 2.24) is 9.38 Å². The molecule has 0 N–H and O–H groups in total. The van der Waals surface area contributed by atoms with Crippen LogP contribution in [-0.4, -0.2) is 9.38 Å². The number of imidazole rings is 1. The number of aryl methyl sites for hydroxylation is 1. The zero-order valence-corrected chi connectivity index (χ0v) is 6.65. The first-order valence-electron chi connectivity index (χ1n) is 3.65. The number of nitrogens with zero attached hydrogens (tertiary/aromatic N) is 3. The lowest BCUT2D eigenvalue weighted by Gasteiger charge is -1.94. The molecule has 0 aliphatic rings. The highest BCUT2D eigenvalue weighted by atomic mass is 15.0. The largest absolute Gasteiger partial charge is 0.291 e. The van der Waals surface area contributed by atoms with Gasteiger partial charge in [0.05, 0.1) is 6.20 Å². The Labute approximate surface area is 69.9 Å². The Morgan fingerprint density at radius 1 is 1.58 bits per heavy atom. The second kappa shape index (κ2) is 2.35. The van der Waals surface area contributed by atoms with Crippen molar-refractivity contribution in [2.24, 2.45) is 0 Å². The minimum Gasteiger partial charge on any atom is -0.291 e. The number of nitriles is 1. The van der Waals surface area contributed by atoms with Crippen LogP contribution in [0.25, 0.3) is 5.65 Å². The van der Waals surface area contributed by atoms with Crippen LogP contribution in [-0.2, 0) is 0 Å². The maximum atomic E-state index is 8.68. The summed E-state index contributed by atoms with van der Waals surface area (Å²) in [6.07, 6.45) is 3.44. The molecule has 0 saturated heterocycles. The fourth-order valence-electron chi connectivity index (χ4n) is 1.17. The van der Waals surface area contributed by atoms with Crippen LogP contribution in [0.15, 0.2) is 24.5 Å². The van der Waals surface area contributed by atoms with E-state index in [4.69, 9.17) is 5.26 Å². The van der Waals surface area contributed by atoms with E-state index in [1.807, 2.05) is 25.3 Å². The SMILES string of the molecule is Cc1ccn2c(C#N)cnc2c1. The minimum atomic E-state index is 0.574. The van der Waals surface area contributed by atoms with Gasteiger partial charge in [0.25, 0.3) is 0 Å². The molecule has 58 valence electrons. The normalized spacial score (nSPS) is 10.0. The maximum absolute atomic E-state index is 8.68. The van der Waals surface area contributed by atoms with Crippen molar-refractivity contribution >= 4 is 5.65 Å². The predicted octanol–water partition coefficient (Wildman–Crippen LogP) is 1.51. The van der Waals surface area contributed by atoms with Gasteiger partial charge in [-0.05, 0) is 24.6 Å². The van der Waals surface area contributed by atoms with Crippen LogP contribution < -0.4 is 0 Å². The van der Waals surface area contributed by atoms with Gasteiger partial charge in [-0.3, -0.25) is 4.40 Å². The zero-order chi connectivity index (χ0) is 8.55. The van der Waals surface area contributed by atoms with Gasteiger partial charge in [0.1, 0.15) is 17.4 Å². The minimum absolute atomic E-state index is 0.574. The van der Waals surface area contributed by atoms with E-state index in [-0.39, 0.29) is 0 Å². The second-order valence-electron chi connectivity index (χ2n) is 2.69. The van der Waals surface area contributed by atoms with Crippen molar-refractivity contribution in [2.45, 2.75) is 6.92 Å². The lowest BCUT2D eigenvalue weighted by Crippen LogP contribution is -1.87. The van der Waals surface area contributed by atoms with Gasteiger partial charge in [0.2, 0.25) is 0 Å². The molecule has 0 aromatic carbocycles. The molecule has 0 aliphatic heterocycles. The van der Waals surface area contributed by atoms with Gasteiger partial charge in [0, 0.05) is 6.20 Å². The first-order chi connectivity index (χ1) is 5.81. The van der Waals surface area contributed by atoms with Crippen molar-refractivity contribution in [3.63, 3.8) is 0 Å². The van der Waals surface area contributed by atoms with Crippen LogP contribution in [0.5, 0.6) is 0 Å². The molecule has 0 aliphatic carbocycles. The first kappa shape index (κ1) is 6.86. The van der Waals surface area contributed by atoms with Crippen LogP contribution in [0.3, 0.4) is 0 Å². The van der Waals surface area contributed by atoms with Crippen LogP contribution >= 0.6 is 0 Å². The molecule has 2 heterocycles. The Morgan fingerprint density at radius 2 is 2.42 bits per heavy atom. The summed E-state index contributed by atoms with van der Waals surface area (Å²) in [6.45, 7) is 2.00. The molecular formula is C9H7N3. The molecule has 0 atom stereocenters. The number of fused-ring (bicyclic) bond motifs is 1. The number of aromatic nitrogens is 2. The van der Waals surface area contributed by atoms with Gasteiger partial charge in [-0.15, -0.1) is 0 Å². The van der Waals surface area contributed by atoms with Crippen LogP contribution in [0.1, 0.15) is 11.3 Å². The predicted molar refractivity (Wildman–Crippen MR) is 44.6 cm³/mol. The summed E-state index contributed by atoms with van der Waals surface area (Å²) < 4.78 is 1.77. The molecular weight excluding hydrogens is 150 g/mol. The monoisotopic (exact) mass is 157 g/mol. The number of rotatable bonds is 0. The summed E-state index contributed by atoms with van der Waals surface area (Å²) in [5, 5.41) is 8.68. The molecule has 0 fully saturated rings. The van der Waals surface area contributed by atoms with E-state index in [2.05, 4.69) is 11.1 Å².